The summed E-state index contributed by atoms with van der Waals surface area (Å²) >= 11 is 5.93. The third-order valence-electron chi connectivity index (χ3n) is 1.80. The van der Waals surface area contributed by atoms with Crippen molar-refractivity contribution in [3.8, 4) is 11.7 Å². The van der Waals surface area contributed by atoms with Gasteiger partial charge in [-0.3, -0.25) is 4.79 Å². The summed E-state index contributed by atoms with van der Waals surface area (Å²) < 4.78 is 5.96. The molecule has 0 aliphatic heterocycles. The number of halogens is 1. The number of nitrogens with two attached hydrogens (primary N) is 1. The predicted molar refractivity (Wildman–Crippen MR) is 57.5 cm³/mol. The maximum atomic E-state index is 10.3. The SMILES string of the molecule is Nc1cc(OC=O)n(-c2ncccc2Cl)n1. The highest BCUT2D eigenvalue weighted by molar-refractivity contribution is 6.32. The largest absolute Gasteiger partial charge is 0.409 e. The van der Waals surface area contributed by atoms with Crippen LogP contribution in [0.2, 0.25) is 5.02 Å². The number of nitrogens with zero attached hydrogens (tertiary/aromatic N) is 3. The molecule has 0 fully saturated rings. The molecular formula is C9H7ClN4O2. The van der Waals surface area contributed by atoms with Gasteiger partial charge in [-0.05, 0) is 12.1 Å². The summed E-state index contributed by atoms with van der Waals surface area (Å²) in [7, 11) is 0. The molecule has 2 rings (SSSR count). The topological polar surface area (TPSA) is 83.0 Å². The first-order chi connectivity index (χ1) is 7.72. The van der Waals surface area contributed by atoms with Crippen molar-refractivity contribution in [3.63, 3.8) is 0 Å². The van der Waals surface area contributed by atoms with Crippen LogP contribution in [0.15, 0.2) is 24.4 Å². The molecule has 0 unspecified atom stereocenters. The maximum Gasteiger partial charge on any atom is 0.299 e. The second kappa shape index (κ2) is 4.19. The monoisotopic (exact) mass is 238 g/mol. The van der Waals surface area contributed by atoms with Crippen LogP contribution in [0.5, 0.6) is 5.88 Å². The zero-order chi connectivity index (χ0) is 11.5. The van der Waals surface area contributed by atoms with E-state index in [4.69, 9.17) is 22.1 Å². The van der Waals surface area contributed by atoms with Crippen LogP contribution in [0, 0.1) is 0 Å². The third kappa shape index (κ3) is 1.82. The van der Waals surface area contributed by atoms with E-state index in [0.717, 1.165) is 0 Å². The molecule has 82 valence electrons. The molecule has 0 aliphatic carbocycles. The standard InChI is InChI=1S/C9H7ClN4O2/c10-6-2-1-3-12-9(6)14-8(16-5-15)4-7(11)13-14/h1-5H,(H2,11,13). The van der Waals surface area contributed by atoms with Gasteiger partial charge >= 0.3 is 0 Å². The molecule has 0 saturated heterocycles. The number of hydrogen-bond donors (Lipinski definition) is 1. The predicted octanol–water partition coefficient (Wildman–Crippen LogP) is 1.04. The van der Waals surface area contributed by atoms with Crippen molar-refractivity contribution in [2.24, 2.45) is 0 Å². The van der Waals surface area contributed by atoms with Crippen molar-refractivity contribution in [3.05, 3.63) is 29.4 Å². The molecular weight excluding hydrogens is 232 g/mol. The van der Waals surface area contributed by atoms with Gasteiger partial charge in [-0.1, -0.05) is 11.6 Å². The molecule has 0 saturated carbocycles. The molecule has 7 heteroatoms. The molecule has 2 aromatic heterocycles. The fourth-order valence-electron chi connectivity index (χ4n) is 1.20. The van der Waals surface area contributed by atoms with Crippen molar-refractivity contribution >= 4 is 23.9 Å². The van der Waals surface area contributed by atoms with Gasteiger partial charge in [0.25, 0.3) is 6.47 Å². The van der Waals surface area contributed by atoms with Gasteiger partial charge in [0, 0.05) is 12.3 Å². The number of nitrogen functional groups attached to an aromatic ring is 1. The summed E-state index contributed by atoms with van der Waals surface area (Å²) in [4.78, 5) is 14.3. The van der Waals surface area contributed by atoms with Crippen LogP contribution < -0.4 is 10.5 Å². The van der Waals surface area contributed by atoms with Crippen molar-refractivity contribution in [1.29, 1.82) is 0 Å². The van der Waals surface area contributed by atoms with E-state index in [-0.39, 0.29) is 18.2 Å². The zero-order valence-corrected chi connectivity index (χ0v) is 8.76. The Bertz CT molecular complexity index is 526. The van der Waals surface area contributed by atoms with Crippen LogP contribution in [-0.2, 0) is 4.79 Å². The molecule has 0 spiro atoms. The van der Waals surface area contributed by atoms with Crippen molar-refractivity contribution < 1.29 is 9.53 Å². The van der Waals surface area contributed by atoms with E-state index in [2.05, 4.69) is 10.1 Å². The van der Waals surface area contributed by atoms with Gasteiger partial charge in [0.2, 0.25) is 5.88 Å². The molecule has 0 amide bonds. The Labute approximate surface area is 95.6 Å². The van der Waals surface area contributed by atoms with E-state index in [1.807, 2.05) is 0 Å². The van der Waals surface area contributed by atoms with Gasteiger partial charge < -0.3 is 10.5 Å². The highest BCUT2D eigenvalue weighted by Crippen LogP contribution is 2.23. The Hall–Kier alpha value is -2.08. The summed E-state index contributed by atoms with van der Waals surface area (Å²) in [5, 5.41) is 4.30. The summed E-state index contributed by atoms with van der Waals surface area (Å²) in [5.41, 5.74) is 5.50. The zero-order valence-electron chi connectivity index (χ0n) is 8.00. The Balaban J connectivity index is 2.55. The third-order valence-corrected chi connectivity index (χ3v) is 2.10. The smallest absolute Gasteiger partial charge is 0.299 e. The van der Waals surface area contributed by atoms with Crippen molar-refractivity contribution in [2.75, 3.05) is 5.73 Å². The summed E-state index contributed by atoms with van der Waals surface area (Å²) in [6, 6.07) is 4.73. The van der Waals surface area contributed by atoms with Gasteiger partial charge in [-0.15, -0.1) is 5.10 Å². The second-order valence-electron chi connectivity index (χ2n) is 2.84. The van der Waals surface area contributed by atoms with Crippen LogP contribution in [-0.4, -0.2) is 21.2 Å². The molecule has 0 bridgehead atoms. The maximum absolute atomic E-state index is 10.3. The number of carbonyl (C=O) groups is 1. The first kappa shape index (κ1) is 10.4. The lowest BCUT2D eigenvalue weighted by atomic mass is 10.4. The first-order valence-electron chi connectivity index (χ1n) is 4.29. The molecule has 0 radical (unpaired) electrons. The summed E-state index contributed by atoms with van der Waals surface area (Å²) in [6.45, 7) is 0.282. The van der Waals surface area contributed by atoms with Crippen LogP contribution in [0.25, 0.3) is 5.82 Å². The number of ether oxygens (including phenoxy) is 1. The number of aromatic nitrogens is 3. The van der Waals surface area contributed by atoms with Gasteiger partial charge in [0.05, 0.1) is 5.02 Å². The quantitative estimate of drug-likeness (QED) is 0.808. The van der Waals surface area contributed by atoms with Crippen molar-refractivity contribution in [1.82, 2.24) is 14.8 Å². The molecule has 16 heavy (non-hydrogen) atoms. The lowest BCUT2D eigenvalue weighted by Crippen LogP contribution is -2.04. The lowest BCUT2D eigenvalue weighted by molar-refractivity contribution is -0.121. The molecule has 6 nitrogen and oxygen atoms in total. The van der Waals surface area contributed by atoms with Crippen molar-refractivity contribution in [2.45, 2.75) is 0 Å². The summed E-state index contributed by atoms with van der Waals surface area (Å²) in [5.74, 6) is 0.712. The van der Waals surface area contributed by atoms with Gasteiger partial charge in [-0.2, -0.15) is 4.68 Å². The molecule has 2 aromatic rings. The molecule has 0 aromatic carbocycles. The lowest BCUT2D eigenvalue weighted by Gasteiger charge is -2.04. The second-order valence-corrected chi connectivity index (χ2v) is 3.25. The van der Waals surface area contributed by atoms with E-state index in [1.54, 1.807) is 18.3 Å². The molecule has 2 heterocycles. The van der Waals surface area contributed by atoms with Gasteiger partial charge in [0.1, 0.15) is 5.82 Å². The number of anilines is 1. The van der Waals surface area contributed by atoms with E-state index in [1.165, 1.54) is 10.7 Å². The highest BCUT2D eigenvalue weighted by atomic mass is 35.5. The highest BCUT2D eigenvalue weighted by Gasteiger charge is 2.12. The minimum Gasteiger partial charge on any atom is -0.409 e. The van der Waals surface area contributed by atoms with Crippen LogP contribution in [0.4, 0.5) is 5.82 Å². The first-order valence-corrected chi connectivity index (χ1v) is 4.67. The van der Waals surface area contributed by atoms with Gasteiger partial charge in [0.15, 0.2) is 5.82 Å². The Kier molecular flexibility index (Phi) is 2.74. The normalized spacial score (nSPS) is 10.1. The Morgan fingerprint density at radius 2 is 2.38 bits per heavy atom. The van der Waals surface area contributed by atoms with E-state index >= 15 is 0 Å². The van der Waals surface area contributed by atoms with Crippen LogP contribution >= 0.6 is 11.6 Å². The molecule has 0 aliphatic rings. The average molecular weight is 239 g/mol. The Morgan fingerprint density at radius 3 is 3.06 bits per heavy atom. The minimum atomic E-state index is 0.160. The number of pyridine rings is 1. The molecule has 0 atom stereocenters. The molecule has 2 N–H and O–H groups in total. The average Bonchev–Trinajstić information content (AvgIpc) is 2.61. The van der Waals surface area contributed by atoms with E-state index in [0.29, 0.717) is 10.8 Å². The Morgan fingerprint density at radius 1 is 1.56 bits per heavy atom. The number of carbonyl (C=O) groups excluding carboxylic acids is 1. The number of hydrogen-bond acceptors (Lipinski definition) is 5. The fraction of sp³-hybridized carbons (Fsp3) is 0. The number of rotatable bonds is 3. The minimum absolute atomic E-state index is 0.160. The van der Waals surface area contributed by atoms with Gasteiger partial charge in [-0.25, -0.2) is 4.98 Å². The summed E-state index contributed by atoms with van der Waals surface area (Å²) in [6.07, 6.45) is 1.55. The van der Waals surface area contributed by atoms with Crippen LogP contribution in [0.1, 0.15) is 0 Å². The van der Waals surface area contributed by atoms with E-state index < -0.39 is 0 Å². The van der Waals surface area contributed by atoms with E-state index in [9.17, 15) is 4.79 Å². The fourth-order valence-corrected chi connectivity index (χ4v) is 1.40. The van der Waals surface area contributed by atoms with Crippen LogP contribution in [0.3, 0.4) is 0 Å².